The molecule has 1 fully saturated rings. The topological polar surface area (TPSA) is 50.8 Å². The molecule has 1 N–H and O–H groups in total. The summed E-state index contributed by atoms with van der Waals surface area (Å²) in [4.78, 5) is 14.5. The Hall–Kier alpha value is -1.11. The highest BCUT2D eigenvalue weighted by atomic mass is 32.1. The third-order valence-corrected chi connectivity index (χ3v) is 3.75. The van der Waals surface area contributed by atoms with Crippen molar-refractivity contribution in [3.63, 3.8) is 0 Å². The van der Waals surface area contributed by atoms with E-state index in [1.807, 2.05) is 5.38 Å². The minimum Gasteiger partial charge on any atom is -0.496 e. The summed E-state index contributed by atoms with van der Waals surface area (Å²) in [5, 5.41) is 5.08. The van der Waals surface area contributed by atoms with E-state index in [2.05, 4.69) is 5.32 Å². The van der Waals surface area contributed by atoms with Crippen molar-refractivity contribution >= 4 is 17.2 Å². The zero-order valence-corrected chi connectivity index (χ0v) is 11.5. The average molecular weight is 270 g/mol. The summed E-state index contributed by atoms with van der Waals surface area (Å²) in [5.41, 5.74) is 0. The first kappa shape index (κ1) is 13.3. The molecule has 1 aromatic heterocycles. The second-order valence-corrected chi connectivity index (χ2v) is 5.14. The number of carbonyl (C=O) groups is 1. The smallest absolute Gasteiger partial charge is 0.263 e. The van der Waals surface area contributed by atoms with Gasteiger partial charge in [0.1, 0.15) is 5.75 Å². The van der Waals surface area contributed by atoms with E-state index in [1.54, 1.807) is 25.1 Å². The molecule has 1 unspecified atom stereocenters. The van der Waals surface area contributed by atoms with Crippen LogP contribution in [0.1, 0.15) is 9.67 Å². The van der Waals surface area contributed by atoms with E-state index in [9.17, 15) is 4.79 Å². The zero-order valence-electron chi connectivity index (χ0n) is 10.6. The van der Waals surface area contributed by atoms with Crippen LogP contribution >= 0.6 is 11.3 Å². The van der Waals surface area contributed by atoms with Gasteiger partial charge in [0.25, 0.3) is 5.91 Å². The van der Waals surface area contributed by atoms with Gasteiger partial charge in [-0.1, -0.05) is 0 Å². The van der Waals surface area contributed by atoms with Crippen LogP contribution in [0.25, 0.3) is 0 Å². The van der Waals surface area contributed by atoms with Crippen LogP contribution in [0.15, 0.2) is 11.4 Å². The lowest BCUT2D eigenvalue weighted by molar-refractivity contribution is 0.0105. The molecule has 2 heterocycles. The van der Waals surface area contributed by atoms with Crippen molar-refractivity contribution in [1.82, 2.24) is 10.2 Å². The van der Waals surface area contributed by atoms with Gasteiger partial charge in [-0.2, -0.15) is 0 Å². The summed E-state index contributed by atoms with van der Waals surface area (Å²) in [6, 6.07) is 1.77. The fourth-order valence-corrected chi connectivity index (χ4v) is 2.70. The average Bonchev–Trinajstić information content (AvgIpc) is 2.87. The van der Waals surface area contributed by atoms with Crippen LogP contribution in [-0.4, -0.2) is 57.3 Å². The van der Waals surface area contributed by atoms with Crippen molar-refractivity contribution in [2.24, 2.45) is 0 Å². The van der Waals surface area contributed by atoms with Gasteiger partial charge in [0.05, 0.1) is 24.7 Å². The Labute approximate surface area is 111 Å². The standard InChI is InChI=1S/C12H18N2O3S/c1-14(7-10-6-13-3-4-17-10)12(15)11-5-9(16-2)8-18-11/h5,8,10,13H,3-4,6-7H2,1-2H3. The number of amides is 1. The van der Waals surface area contributed by atoms with Crippen molar-refractivity contribution in [3.05, 3.63) is 16.3 Å². The Morgan fingerprint density at radius 2 is 2.56 bits per heavy atom. The van der Waals surface area contributed by atoms with Gasteiger partial charge in [-0.15, -0.1) is 11.3 Å². The molecule has 18 heavy (non-hydrogen) atoms. The highest BCUT2D eigenvalue weighted by molar-refractivity contribution is 7.12. The van der Waals surface area contributed by atoms with E-state index in [0.29, 0.717) is 18.0 Å². The van der Waals surface area contributed by atoms with Crippen molar-refractivity contribution in [2.75, 3.05) is 40.4 Å². The second-order valence-electron chi connectivity index (χ2n) is 4.23. The Morgan fingerprint density at radius 1 is 1.72 bits per heavy atom. The molecular formula is C12H18N2O3S. The first-order valence-corrected chi connectivity index (χ1v) is 6.79. The molecule has 0 aromatic carbocycles. The molecular weight excluding hydrogens is 252 g/mol. The van der Waals surface area contributed by atoms with Gasteiger partial charge >= 0.3 is 0 Å². The van der Waals surface area contributed by atoms with Crippen molar-refractivity contribution in [1.29, 1.82) is 0 Å². The van der Waals surface area contributed by atoms with Crippen LogP contribution in [-0.2, 0) is 4.74 Å². The van der Waals surface area contributed by atoms with E-state index >= 15 is 0 Å². The summed E-state index contributed by atoms with van der Waals surface area (Å²) < 4.78 is 10.7. The number of nitrogens with one attached hydrogen (secondary N) is 1. The van der Waals surface area contributed by atoms with E-state index in [1.165, 1.54) is 11.3 Å². The van der Waals surface area contributed by atoms with Crippen molar-refractivity contribution < 1.29 is 14.3 Å². The lowest BCUT2D eigenvalue weighted by Gasteiger charge is -2.27. The molecule has 1 atom stereocenters. The number of carbonyl (C=O) groups excluding carboxylic acids is 1. The fraction of sp³-hybridized carbons (Fsp3) is 0.583. The Morgan fingerprint density at radius 3 is 3.17 bits per heavy atom. The van der Waals surface area contributed by atoms with Gasteiger partial charge in [0, 0.05) is 38.1 Å². The molecule has 100 valence electrons. The molecule has 0 bridgehead atoms. The number of nitrogens with zero attached hydrogens (tertiary/aromatic N) is 1. The summed E-state index contributed by atoms with van der Waals surface area (Å²) in [5.74, 6) is 0.741. The Balaban J connectivity index is 1.91. The highest BCUT2D eigenvalue weighted by Crippen LogP contribution is 2.22. The van der Waals surface area contributed by atoms with E-state index < -0.39 is 0 Å². The van der Waals surface area contributed by atoms with Crippen LogP contribution < -0.4 is 10.1 Å². The van der Waals surface area contributed by atoms with Gasteiger partial charge in [-0.3, -0.25) is 4.79 Å². The van der Waals surface area contributed by atoms with Crippen LogP contribution in [0, 0.1) is 0 Å². The molecule has 0 radical (unpaired) electrons. The number of hydrogen-bond donors (Lipinski definition) is 1. The molecule has 5 nitrogen and oxygen atoms in total. The van der Waals surface area contributed by atoms with Gasteiger partial charge in [0.15, 0.2) is 0 Å². The second kappa shape index (κ2) is 6.17. The van der Waals surface area contributed by atoms with Crippen molar-refractivity contribution in [3.8, 4) is 5.75 Å². The lowest BCUT2D eigenvalue weighted by atomic mass is 10.3. The van der Waals surface area contributed by atoms with Crippen molar-refractivity contribution in [2.45, 2.75) is 6.10 Å². The van der Waals surface area contributed by atoms with Crippen LogP contribution in [0.2, 0.25) is 0 Å². The number of rotatable bonds is 4. The van der Waals surface area contributed by atoms with Gasteiger partial charge in [0.2, 0.25) is 0 Å². The molecule has 1 aromatic rings. The Bertz CT molecular complexity index is 402. The zero-order chi connectivity index (χ0) is 13.0. The summed E-state index contributed by atoms with van der Waals surface area (Å²) in [6.45, 7) is 2.99. The summed E-state index contributed by atoms with van der Waals surface area (Å²) in [7, 11) is 3.40. The molecule has 2 rings (SSSR count). The molecule has 1 amide bonds. The normalized spacial score (nSPS) is 19.6. The number of ether oxygens (including phenoxy) is 2. The van der Waals surface area contributed by atoms with E-state index in [4.69, 9.17) is 9.47 Å². The molecule has 1 saturated heterocycles. The SMILES string of the molecule is COc1csc(C(=O)N(C)CC2CNCCO2)c1. The third-order valence-electron chi connectivity index (χ3n) is 2.85. The molecule has 1 aliphatic rings. The van der Waals surface area contributed by atoms with Crippen LogP contribution in [0.5, 0.6) is 5.75 Å². The predicted molar refractivity (Wildman–Crippen MR) is 70.4 cm³/mol. The molecule has 0 spiro atoms. The number of hydrogen-bond acceptors (Lipinski definition) is 5. The van der Waals surface area contributed by atoms with Crippen LogP contribution in [0.4, 0.5) is 0 Å². The molecule has 0 saturated carbocycles. The van der Waals surface area contributed by atoms with Gasteiger partial charge in [-0.25, -0.2) is 0 Å². The molecule has 6 heteroatoms. The minimum absolute atomic E-state index is 0.0115. The summed E-state index contributed by atoms with van der Waals surface area (Å²) >= 11 is 1.40. The number of methoxy groups -OCH3 is 1. The summed E-state index contributed by atoms with van der Waals surface area (Å²) in [6.07, 6.45) is 0.0783. The van der Waals surface area contributed by atoms with E-state index in [-0.39, 0.29) is 12.0 Å². The number of morpholine rings is 1. The van der Waals surface area contributed by atoms with Crippen LogP contribution in [0.3, 0.4) is 0 Å². The van der Waals surface area contributed by atoms with E-state index in [0.717, 1.165) is 18.8 Å². The lowest BCUT2D eigenvalue weighted by Crippen LogP contribution is -2.45. The first-order chi connectivity index (χ1) is 8.70. The quantitative estimate of drug-likeness (QED) is 0.880. The maximum absolute atomic E-state index is 12.2. The maximum atomic E-state index is 12.2. The Kier molecular flexibility index (Phi) is 4.57. The molecule has 0 aliphatic carbocycles. The molecule has 1 aliphatic heterocycles. The third kappa shape index (κ3) is 3.22. The first-order valence-electron chi connectivity index (χ1n) is 5.91. The predicted octanol–water partition coefficient (Wildman–Crippen LogP) is 0.817. The highest BCUT2D eigenvalue weighted by Gasteiger charge is 2.20. The minimum atomic E-state index is 0.0115. The monoisotopic (exact) mass is 270 g/mol. The number of thiophene rings is 1. The fourth-order valence-electron chi connectivity index (χ4n) is 1.85. The van der Waals surface area contributed by atoms with Gasteiger partial charge < -0.3 is 19.7 Å². The number of likely N-dealkylation sites (N-methyl/N-ethyl adjacent to an activating group) is 1. The van der Waals surface area contributed by atoms with Gasteiger partial charge in [-0.05, 0) is 0 Å². The maximum Gasteiger partial charge on any atom is 0.263 e. The largest absolute Gasteiger partial charge is 0.496 e.